The average molecular weight is 719 g/mol. The van der Waals surface area contributed by atoms with Gasteiger partial charge in [-0.25, -0.2) is 27.6 Å². The van der Waals surface area contributed by atoms with Crippen molar-refractivity contribution in [2.45, 2.75) is 35.9 Å². The first-order valence-corrected chi connectivity index (χ1v) is 17.2. The minimum atomic E-state index is -3.93. The number of sulfone groups is 1. The summed E-state index contributed by atoms with van der Waals surface area (Å²) in [5, 5.41) is 9.49. The number of hydrogen-bond acceptors (Lipinski definition) is 8. The smallest absolute Gasteiger partial charge is 0.266 e. The largest absolute Gasteiger partial charge is 0.494 e. The molecule has 0 aromatic heterocycles. The number of halogens is 4. The third-order valence-electron chi connectivity index (χ3n) is 7.66. The Morgan fingerprint density at radius 3 is 2.35 bits per heavy atom. The van der Waals surface area contributed by atoms with Crippen molar-refractivity contribution in [1.82, 2.24) is 10.9 Å². The van der Waals surface area contributed by atoms with E-state index < -0.39 is 51.3 Å². The molecule has 1 heterocycles. The lowest BCUT2D eigenvalue weighted by molar-refractivity contribution is -0.130. The lowest BCUT2D eigenvalue weighted by Crippen LogP contribution is -2.53. The molecule has 0 aliphatic carbocycles. The molecule has 9 nitrogen and oxygen atoms in total. The molecule has 0 bridgehead atoms. The van der Waals surface area contributed by atoms with Crippen LogP contribution in [0.1, 0.15) is 35.6 Å². The molecule has 1 aliphatic rings. The predicted octanol–water partition coefficient (Wildman–Crippen LogP) is 5.97. The fraction of sp³-hybridized carbons (Fsp3) is 0.235. The van der Waals surface area contributed by atoms with Crippen LogP contribution in [0.15, 0.2) is 101 Å². The third-order valence-corrected chi connectivity index (χ3v) is 9.95. The summed E-state index contributed by atoms with van der Waals surface area (Å²) >= 11 is 12.8. The van der Waals surface area contributed by atoms with Crippen LogP contribution in [0.3, 0.4) is 0 Å². The molecule has 14 heteroatoms. The topological polar surface area (TPSA) is 126 Å². The number of hydrazine groups is 1. The summed E-state index contributed by atoms with van der Waals surface area (Å²) in [6.45, 7) is -0.150. The van der Waals surface area contributed by atoms with Crippen LogP contribution in [-0.4, -0.2) is 49.8 Å². The fourth-order valence-electron chi connectivity index (χ4n) is 5.12. The zero-order valence-corrected chi connectivity index (χ0v) is 27.7. The van der Waals surface area contributed by atoms with Crippen molar-refractivity contribution in [2.24, 2.45) is 4.99 Å². The number of aliphatic hydroxyl groups excluding tert-OH is 1. The van der Waals surface area contributed by atoms with Crippen molar-refractivity contribution in [3.05, 3.63) is 129 Å². The van der Waals surface area contributed by atoms with Crippen LogP contribution in [0.4, 0.5) is 8.78 Å². The molecule has 3 N–H and O–H groups in total. The molecule has 4 aromatic rings. The SMILES string of the molecule is O=C(NNCc1c(F)cccc1F)[C@@]1(CCS(=O)(=O)c2ccccc2)N=C(c2ccc(OCCCO)cc2)O[C@H]1c1ccc(Cl)cc1Cl. The average Bonchev–Trinajstić information content (AvgIpc) is 3.46. The van der Waals surface area contributed by atoms with E-state index in [-0.39, 0.29) is 34.4 Å². The number of carbonyl (C=O) groups excluding carboxylic acids is 1. The summed E-state index contributed by atoms with van der Waals surface area (Å²) in [6.07, 6.45) is -1.18. The van der Waals surface area contributed by atoms with Gasteiger partial charge in [-0.1, -0.05) is 53.5 Å². The van der Waals surface area contributed by atoms with Crippen LogP contribution < -0.4 is 15.6 Å². The van der Waals surface area contributed by atoms with Gasteiger partial charge in [-0.15, -0.1) is 0 Å². The highest BCUT2D eigenvalue weighted by atomic mass is 35.5. The number of amides is 1. The highest BCUT2D eigenvalue weighted by Crippen LogP contribution is 2.45. The maximum atomic E-state index is 14.3. The quantitative estimate of drug-likeness (QED) is 0.108. The molecule has 0 saturated carbocycles. The molecule has 252 valence electrons. The van der Waals surface area contributed by atoms with Gasteiger partial charge < -0.3 is 14.6 Å². The Morgan fingerprint density at radius 1 is 0.979 bits per heavy atom. The standard InChI is InChI=1S/C34H31Cl2F2N3O6S/c35-23-12-15-26(28(36)20-23)31-34(16-19-48(44,45)25-6-2-1-3-7-25,33(43)41-39-21-27-29(37)8-4-9-30(27)38)40-32(47-31)22-10-13-24(14-11-22)46-18-5-17-42/h1-4,6-15,20,31,39,42H,5,16-19,21H2,(H,41,43)/t31-,34-/m0/s1. The van der Waals surface area contributed by atoms with Crippen molar-refractivity contribution in [2.75, 3.05) is 19.0 Å². The van der Waals surface area contributed by atoms with Crippen LogP contribution in [0, 0.1) is 11.6 Å². The van der Waals surface area contributed by atoms with Crippen molar-refractivity contribution in [1.29, 1.82) is 0 Å². The van der Waals surface area contributed by atoms with E-state index in [1.54, 1.807) is 54.6 Å². The maximum absolute atomic E-state index is 14.3. The second-order valence-corrected chi connectivity index (χ2v) is 13.8. The number of carbonyl (C=O) groups is 1. The van der Waals surface area contributed by atoms with Crippen molar-refractivity contribution in [3.63, 3.8) is 0 Å². The summed E-state index contributed by atoms with van der Waals surface area (Å²) in [6, 6.07) is 22.3. The maximum Gasteiger partial charge on any atom is 0.266 e. The number of hydrogen-bond donors (Lipinski definition) is 3. The Morgan fingerprint density at radius 2 is 1.69 bits per heavy atom. The van der Waals surface area contributed by atoms with Gasteiger partial charge in [0.1, 0.15) is 17.4 Å². The molecule has 2 atom stereocenters. The lowest BCUT2D eigenvalue weighted by atomic mass is 9.85. The van der Waals surface area contributed by atoms with Gasteiger partial charge >= 0.3 is 0 Å². The summed E-state index contributed by atoms with van der Waals surface area (Å²) in [4.78, 5) is 19.1. The molecule has 0 saturated heterocycles. The highest BCUT2D eigenvalue weighted by molar-refractivity contribution is 7.91. The van der Waals surface area contributed by atoms with Gasteiger partial charge in [0.25, 0.3) is 5.91 Å². The Kier molecular flexibility index (Phi) is 11.3. The van der Waals surface area contributed by atoms with Crippen LogP contribution in [0.25, 0.3) is 0 Å². The molecule has 48 heavy (non-hydrogen) atoms. The van der Waals surface area contributed by atoms with E-state index in [0.717, 1.165) is 12.1 Å². The van der Waals surface area contributed by atoms with E-state index in [2.05, 4.69) is 10.9 Å². The summed E-state index contributed by atoms with van der Waals surface area (Å²) in [7, 11) is -3.93. The van der Waals surface area contributed by atoms with Gasteiger partial charge in [0, 0.05) is 52.7 Å². The molecular weight excluding hydrogens is 687 g/mol. The summed E-state index contributed by atoms with van der Waals surface area (Å²) in [5.41, 5.74) is 3.50. The number of nitrogens with one attached hydrogen (secondary N) is 2. The third kappa shape index (κ3) is 7.96. The predicted molar refractivity (Wildman–Crippen MR) is 178 cm³/mol. The number of rotatable bonds is 14. The zero-order chi connectivity index (χ0) is 34.3. The Balaban J connectivity index is 1.55. The van der Waals surface area contributed by atoms with Gasteiger partial charge in [-0.3, -0.25) is 10.2 Å². The Bertz CT molecular complexity index is 1880. The molecule has 0 radical (unpaired) electrons. The Hall–Kier alpha value is -4.07. The first kappa shape index (κ1) is 35.2. The van der Waals surface area contributed by atoms with Gasteiger partial charge in [0.05, 0.1) is 17.3 Å². The van der Waals surface area contributed by atoms with E-state index in [1.165, 1.54) is 24.3 Å². The van der Waals surface area contributed by atoms with Crippen molar-refractivity contribution >= 4 is 44.8 Å². The number of ether oxygens (including phenoxy) is 2. The number of aliphatic hydroxyl groups is 1. The molecule has 1 aliphatic heterocycles. The molecule has 0 spiro atoms. The molecule has 4 aromatic carbocycles. The number of aliphatic imine (C=N–C) groups is 1. The first-order chi connectivity index (χ1) is 23.0. The first-order valence-electron chi connectivity index (χ1n) is 14.8. The van der Waals surface area contributed by atoms with Gasteiger partial charge in [0.15, 0.2) is 21.5 Å². The van der Waals surface area contributed by atoms with E-state index >= 15 is 0 Å². The van der Waals surface area contributed by atoms with Crippen LogP contribution in [0.5, 0.6) is 5.75 Å². The molecule has 0 unspecified atom stereocenters. The van der Waals surface area contributed by atoms with E-state index in [1.807, 2.05) is 0 Å². The minimum absolute atomic E-state index is 0.0142. The van der Waals surface area contributed by atoms with E-state index in [0.29, 0.717) is 34.9 Å². The van der Waals surface area contributed by atoms with Gasteiger partial charge in [-0.2, -0.15) is 0 Å². The number of nitrogens with zero attached hydrogens (tertiary/aromatic N) is 1. The van der Waals surface area contributed by atoms with Crippen molar-refractivity contribution in [3.8, 4) is 5.75 Å². The van der Waals surface area contributed by atoms with Gasteiger partial charge in [0.2, 0.25) is 5.90 Å². The Labute approximate surface area is 286 Å². The zero-order valence-electron chi connectivity index (χ0n) is 25.3. The highest BCUT2D eigenvalue weighted by Gasteiger charge is 2.54. The van der Waals surface area contributed by atoms with Gasteiger partial charge in [-0.05, 0) is 60.7 Å². The van der Waals surface area contributed by atoms with Crippen molar-refractivity contribution < 1.29 is 36.6 Å². The second kappa shape index (κ2) is 15.4. The second-order valence-electron chi connectivity index (χ2n) is 10.8. The van der Waals surface area contributed by atoms with E-state index in [4.69, 9.17) is 42.8 Å². The van der Waals surface area contributed by atoms with Crippen LogP contribution in [-0.2, 0) is 25.9 Å². The molecule has 0 fully saturated rings. The molecular formula is C34H31Cl2F2N3O6S. The monoisotopic (exact) mass is 717 g/mol. The number of benzene rings is 4. The molecule has 1 amide bonds. The normalized spacial score (nSPS) is 17.4. The minimum Gasteiger partial charge on any atom is -0.494 e. The molecule has 5 rings (SSSR count). The van der Waals surface area contributed by atoms with E-state index in [9.17, 15) is 22.0 Å². The van der Waals surface area contributed by atoms with Crippen LogP contribution >= 0.6 is 23.2 Å². The summed E-state index contributed by atoms with van der Waals surface area (Å²) < 4.78 is 67.6. The lowest BCUT2D eigenvalue weighted by Gasteiger charge is -2.31. The fourth-order valence-corrected chi connectivity index (χ4v) is 7.01. The summed E-state index contributed by atoms with van der Waals surface area (Å²) in [5.74, 6) is -2.46. The van der Waals surface area contributed by atoms with Crippen LogP contribution in [0.2, 0.25) is 10.0 Å².